The third-order valence-electron chi connectivity index (χ3n) is 4.17. The molecule has 0 saturated carbocycles. The van der Waals surface area contributed by atoms with Crippen molar-refractivity contribution in [2.75, 3.05) is 13.1 Å². The molecule has 4 nitrogen and oxygen atoms in total. The normalized spacial score (nSPS) is 25.7. The van der Waals surface area contributed by atoms with Crippen molar-refractivity contribution in [1.82, 2.24) is 10.2 Å². The number of amides is 2. The Morgan fingerprint density at radius 3 is 2.48 bits per heavy atom. The van der Waals surface area contributed by atoms with E-state index in [4.69, 9.17) is 0 Å². The Bertz CT molecular complexity index is 390. The molecule has 1 saturated heterocycles. The molecule has 7 heteroatoms. The van der Waals surface area contributed by atoms with Crippen LogP contribution in [0.5, 0.6) is 0 Å². The van der Waals surface area contributed by atoms with Gasteiger partial charge in [0.1, 0.15) is 0 Å². The van der Waals surface area contributed by atoms with Crippen LogP contribution in [0.2, 0.25) is 0 Å². The van der Waals surface area contributed by atoms with Gasteiger partial charge in [0, 0.05) is 19.1 Å². The molecule has 120 valence electrons. The first-order valence-corrected chi connectivity index (χ1v) is 7.35. The molecular formula is C14H21F3N2O2. The molecule has 2 amide bonds. The highest BCUT2D eigenvalue weighted by atomic mass is 19.4. The van der Waals surface area contributed by atoms with E-state index in [9.17, 15) is 23.1 Å². The van der Waals surface area contributed by atoms with Gasteiger partial charge in [0.2, 0.25) is 0 Å². The van der Waals surface area contributed by atoms with Crippen molar-refractivity contribution >= 4 is 6.03 Å². The maximum absolute atomic E-state index is 12.4. The van der Waals surface area contributed by atoms with Crippen LogP contribution in [0.3, 0.4) is 0 Å². The van der Waals surface area contributed by atoms with Crippen molar-refractivity contribution < 1.29 is 23.1 Å². The van der Waals surface area contributed by atoms with Crippen LogP contribution in [-0.4, -0.2) is 47.4 Å². The van der Waals surface area contributed by atoms with Gasteiger partial charge in [0.15, 0.2) is 6.10 Å². The Morgan fingerprint density at radius 2 is 1.95 bits per heavy atom. The Labute approximate surface area is 122 Å². The average Bonchev–Trinajstić information content (AvgIpc) is 2.46. The highest BCUT2D eigenvalue weighted by Gasteiger charge is 2.44. The number of halogens is 3. The van der Waals surface area contributed by atoms with E-state index in [1.165, 1.54) is 4.90 Å². The van der Waals surface area contributed by atoms with Crippen LogP contribution in [0, 0.1) is 5.92 Å². The van der Waals surface area contributed by atoms with Crippen molar-refractivity contribution in [1.29, 1.82) is 0 Å². The number of rotatable bonds is 2. The first-order chi connectivity index (χ1) is 9.88. The highest BCUT2D eigenvalue weighted by molar-refractivity contribution is 5.74. The minimum atomic E-state index is -4.58. The molecule has 0 aromatic rings. The number of carbonyl (C=O) groups excluding carboxylic acids is 1. The van der Waals surface area contributed by atoms with Gasteiger partial charge in [0.25, 0.3) is 0 Å². The van der Waals surface area contributed by atoms with Gasteiger partial charge in [-0.25, -0.2) is 4.79 Å². The second-order valence-corrected chi connectivity index (χ2v) is 5.73. The van der Waals surface area contributed by atoms with E-state index >= 15 is 0 Å². The maximum atomic E-state index is 12.4. The first kappa shape index (κ1) is 16.1. The van der Waals surface area contributed by atoms with E-state index in [1.54, 1.807) is 0 Å². The molecule has 1 heterocycles. The Hall–Kier alpha value is -1.24. The van der Waals surface area contributed by atoms with E-state index in [1.807, 2.05) is 12.2 Å². The zero-order valence-electron chi connectivity index (χ0n) is 11.8. The van der Waals surface area contributed by atoms with E-state index in [2.05, 4.69) is 5.32 Å². The molecule has 0 radical (unpaired) electrons. The molecular weight excluding hydrogens is 285 g/mol. The maximum Gasteiger partial charge on any atom is 0.414 e. The third-order valence-corrected chi connectivity index (χ3v) is 4.17. The summed E-state index contributed by atoms with van der Waals surface area (Å²) in [5.41, 5.74) is 0. The lowest BCUT2D eigenvalue weighted by Crippen LogP contribution is -2.50. The molecule has 1 aliphatic carbocycles. The van der Waals surface area contributed by atoms with Gasteiger partial charge < -0.3 is 15.3 Å². The van der Waals surface area contributed by atoms with Gasteiger partial charge in [0.05, 0.1) is 0 Å². The molecule has 0 spiro atoms. The smallest absolute Gasteiger partial charge is 0.383 e. The quantitative estimate of drug-likeness (QED) is 0.770. The fourth-order valence-electron chi connectivity index (χ4n) is 2.87. The summed E-state index contributed by atoms with van der Waals surface area (Å²) in [4.78, 5) is 13.6. The second-order valence-electron chi connectivity index (χ2n) is 5.73. The average molecular weight is 306 g/mol. The molecule has 2 rings (SSSR count). The largest absolute Gasteiger partial charge is 0.414 e. The molecule has 1 fully saturated rings. The van der Waals surface area contributed by atoms with Crippen LogP contribution < -0.4 is 5.32 Å². The number of aliphatic hydroxyl groups is 1. The van der Waals surface area contributed by atoms with Crippen molar-refractivity contribution in [3.63, 3.8) is 0 Å². The van der Waals surface area contributed by atoms with Crippen molar-refractivity contribution in [2.24, 2.45) is 5.92 Å². The third kappa shape index (κ3) is 4.36. The molecule has 2 unspecified atom stereocenters. The monoisotopic (exact) mass is 306 g/mol. The molecule has 2 aliphatic rings. The molecule has 0 aromatic heterocycles. The number of nitrogens with zero attached hydrogens (tertiary/aromatic N) is 1. The van der Waals surface area contributed by atoms with E-state index in [-0.39, 0.29) is 38.0 Å². The summed E-state index contributed by atoms with van der Waals surface area (Å²) in [6.45, 7) is 0.500. The summed E-state index contributed by atoms with van der Waals surface area (Å²) in [6.07, 6.45) is 0.413. The van der Waals surface area contributed by atoms with Crippen LogP contribution in [0.25, 0.3) is 0 Å². The number of alkyl halides is 3. The predicted octanol–water partition coefficient (Wildman–Crippen LogP) is 2.44. The topological polar surface area (TPSA) is 52.6 Å². The van der Waals surface area contributed by atoms with Gasteiger partial charge in [-0.3, -0.25) is 0 Å². The molecule has 21 heavy (non-hydrogen) atoms. The highest BCUT2D eigenvalue weighted by Crippen LogP contribution is 2.31. The summed E-state index contributed by atoms with van der Waals surface area (Å²) in [5.74, 6) is -0.816. The number of hydrogen-bond acceptors (Lipinski definition) is 2. The molecule has 2 atom stereocenters. The fraction of sp³-hybridized carbons (Fsp3) is 0.786. The van der Waals surface area contributed by atoms with Crippen LogP contribution in [0.1, 0.15) is 32.1 Å². The van der Waals surface area contributed by atoms with Gasteiger partial charge >= 0.3 is 12.2 Å². The number of allylic oxidation sites excluding steroid dienone is 1. The Balaban J connectivity index is 1.79. The van der Waals surface area contributed by atoms with Crippen molar-refractivity contribution in [3.05, 3.63) is 12.2 Å². The number of carbonyl (C=O) groups is 1. The van der Waals surface area contributed by atoms with Crippen LogP contribution in [-0.2, 0) is 0 Å². The van der Waals surface area contributed by atoms with E-state index in [0.29, 0.717) is 0 Å². The minimum absolute atomic E-state index is 0.0183. The minimum Gasteiger partial charge on any atom is -0.383 e. The van der Waals surface area contributed by atoms with Crippen LogP contribution >= 0.6 is 0 Å². The lowest BCUT2D eigenvalue weighted by molar-refractivity contribution is -0.222. The molecule has 1 aliphatic heterocycles. The summed E-state index contributed by atoms with van der Waals surface area (Å²) in [7, 11) is 0. The van der Waals surface area contributed by atoms with Gasteiger partial charge in [-0.05, 0) is 38.0 Å². The van der Waals surface area contributed by atoms with Crippen LogP contribution in [0.15, 0.2) is 12.2 Å². The summed E-state index contributed by atoms with van der Waals surface area (Å²) in [6, 6.07) is -0.212. The lowest BCUT2D eigenvalue weighted by Gasteiger charge is -2.35. The van der Waals surface area contributed by atoms with Gasteiger partial charge in [-0.1, -0.05) is 12.2 Å². The Kier molecular flexibility index (Phi) is 5.13. The summed E-state index contributed by atoms with van der Waals surface area (Å²) < 4.78 is 37.3. The number of hydrogen-bond donors (Lipinski definition) is 2. The molecule has 0 bridgehead atoms. The summed E-state index contributed by atoms with van der Waals surface area (Å²) in [5, 5.41) is 12.1. The molecule has 0 aromatic carbocycles. The summed E-state index contributed by atoms with van der Waals surface area (Å²) >= 11 is 0. The predicted molar refractivity (Wildman–Crippen MR) is 71.7 cm³/mol. The van der Waals surface area contributed by atoms with E-state index < -0.39 is 18.2 Å². The number of piperidine rings is 1. The number of likely N-dealkylation sites (tertiary alicyclic amines) is 1. The van der Waals surface area contributed by atoms with Gasteiger partial charge in [-0.2, -0.15) is 13.2 Å². The Morgan fingerprint density at radius 1 is 1.29 bits per heavy atom. The van der Waals surface area contributed by atoms with Crippen LogP contribution in [0.4, 0.5) is 18.0 Å². The standard InChI is InChI=1S/C14H21F3N2O2/c15-14(16,17)12(20)10-6-8-19(9-7-10)13(21)18-11-4-2-1-3-5-11/h2,4,10-12,20H,1,3,5-9H2,(H,18,21). The van der Waals surface area contributed by atoms with E-state index in [0.717, 1.165) is 19.3 Å². The zero-order valence-corrected chi connectivity index (χ0v) is 11.8. The number of nitrogens with one attached hydrogen (secondary N) is 1. The fourth-order valence-corrected chi connectivity index (χ4v) is 2.87. The number of urea groups is 1. The second kappa shape index (κ2) is 6.68. The zero-order chi connectivity index (χ0) is 15.5. The van der Waals surface area contributed by atoms with Crippen molar-refractivity contribution in [3.8, 4) is 0 Å². The SMILES string of the molecule is O=C(NC1C=CCCC1)N1CCC(C(O)C(F)(F)F)CC1. The number of aliphatic hydroxyl groups excluding tert-OH is 1. The molecule has 2 N–H and O–H groups in total. The lowest BCUT2D eigenvalue weighted by atomic mass is 9.91. The first-order valence-electron chi connectivity index (χ1n) is 7.35. The van der Waals surface area contributed by atoms with Crippen molar-refractivity contribution in [2.45, 2.75) is 50.4 Å². The van der Waals surface area contributed by atoms with Gasteiger partial charge in [-0.15, -0.1) is 0 Å².